The Bertz CT molecular complexity index is 820. The molecule has 0 radical (unpaired) electrons. The number of hydrogen-bond acceptors (Lipinski definition) is 3. The summed E-state index contributed by atoms with van der Waals surface area (Å²) >= 11 is 6.31. The smallest absolute Gasteiger partial charge is 0.257 e. The van der Waals surface area contributed by atoms with Gasteiger partial charge in [-0.15, -0.1) is 0 Å². The Morgan fingerprint density at radius 1 is 1.03 bits per heavy atom. The van der Waals surface area contributed by atoms with Gasteiger partial charge >= 0.3 is 0 Å². The van der Waals surface area contributed by atoms with Gasteiger partial charge in [-0.3, -0.25) is 4.79 Å². The lowest BCUT2D eigenvalue weighted by molar-refractivity contribution is -0.671. The largest absolute Gasteiger partial charge is 1.00 e. The van der Waals surface area contributed by atoms with E-state index in [0.717, 1.165) is 12.8 Å². The third-order valence-corrected chi connectivity index (χ3v) is 5.56. The Labute approximate surface area is 221 Å². The molecule has 33 heavy (non-hydrogen) atoms. The Morgan fingerprint density at radius 3 is 2.45 bits per heavy atom. The molecule has 1 amide bonds. The fourth-order valence-corrected chi connectivity index (χ4v) is 3.68. The van der Waals surface area contributed by atoms with Crippen LogP contribution in [0.1, 0.15) is 63.9 Å². The van der Waals surface area contributed by atoms with Gasteiger partial charge in [0, 0.05) is 24.2 Å². The number of nitrogens with zero attached hydrogens (tertiary/aromatic N) is 1. The van der Waals surface area contributed by atoms with Crippen molar-refractivity contribution < 1.29 is 42.8 Å². The first-order valence-corrected chi connectivity index (χ1v) is 12.2. The van der Waals surface area contributed by atoms with E-state index in [-0.39, 0.29) is 36.5 Å². The average Bonchev–Trinajstić information content (AvgIpc) is 2.78. The number of aromatic nitrogens is 1. The maximum Gasteiger partial charge on any atom is 0.257 e. The summed E-state index contributed by atoms with van der Waals surface area (Å²) in [6, 6.07) is 9.32. The van der Waals surface area contributed by atoms with Gasteiger partial charge in [-0.25, -0.2) is 4.57 Å². The van der Waals surface area contributed by atoms with E-state index in [9.17, 15) is 4.79 Å². The molecule has 0 atom stereocenters. The van der Waals surface area contributed by atoms with Gasteiger partial charge in [0.05, 0.1) is 11.6 Å². The van der Waals surface area contributed by atoms with E-state index >= 15 is 0 Å². The van der Waals surface area contributed by atoms with E-state index in [1.54, 1.807) is 18.2 Å². The summed E-state index contributed by atoms with van der Waals surface area (Å²) < 4.78 is 13.4. The van der Waals surface area contributed by atoms with Gasteiger partial charge in [0.15, 0.2) is 19.0 Å². The number of nitrogens with one attached hydrogen (secondary N) is 1. The zero-order chi connectivity index (χ0) is 23.0. The molecule has 1 aromatic heterocycles. The molecule has 0 spiro atoms. The number of carbonyl (C=O) groups excluding carboxylic acids is 1. The van der Waals surface area contributed by atoms with Crippen LogP contribution in [0.25, 0.3) is 0 Å². The molecular weight excluding hydrogens is 551 g/mol. The first-order valence-electron chi connectivity index (χ1n) is 11.8. The Hall–Kier alpha value is -1.54. The summed E-state index contributed by atoms with van der Waals surface area (Å²) in [4.78, 5) is 12.0. The van der Waals surface area contributed by atoms with Crippen molar-refractivity contribution in [2.24, 2.45) is 7.05 Å². The summed E-state index contributed by atoms with van der Waals surface area (Å²) in [6.07, 6.45) is 14.9. The van der Waals surface area contributed by atoms with Crippen molar-refractivity contribution in [3.05, 3.63) is 53.3 Å². The molecule has 2 aromatic rings. The number of unbranched alkanes of at least 4 members (excludes halogenated alkanes) is 7. The van der Waals surface area contributed by atoms with E-state index in [4.69, 9.17) is 21.1 Å². The van der Waals surface area contributed by atoms with Gasteiger partial charge in [-0.2, -0.15) is 0 Å². The predicted octanol–water partition coefficient (Wildman–Crippen LogP) is 2.43. The zero-order valence-corrected chi connectivity index (χ0v) is 22.9. The topological polar surface area (TPSA) is 51.4 Å². The molecule has 0 fully saturated rings. The van der Waals surface area contributed by atoms with Gasteiger partial charge in [-0.05, 0) is 31.0 Å². The normalized spacial score (nSPS) is 10.4. The lowest BCUT2D eigenvalue weighted by atomic mass is 10.1. The van der Waals surface area contributed by atoms with Crippen LogP contribution < -0.4 is 43.3 Å². The average molecular weight is 589 g/mol. The summed E-state index contributed by atoms with van der Waals surface area (Å²) in [6.45, 7) is 3.43. The van der Waals surface area contributed by atoms with Crippen LogP contribution >= 0.6 is 11.6 Å². The van der Waals surface area contributed by atoms with Crippen LogP contribution in [0.5, 0.6) is 11.5 Å². The van der Waals surface area contributed by atoms with E-state index in [0.29, 0.717) is 29.7 Å². The molecular formula is C26H38ClIN2O3. The summed E-state index contributed by atoms with van der Waals surface area (Å²) in [7, 11) is 1.98. The lowest BCUT2D eigenvalue weighted by Gasteiger charge is -2.11. The molecule has 1 aromatic carbocycles. The molecule has 0 saturated carbocycles. The SMILES string of the molecule is CCCCCCCCCCOc1ccc(OCC(=O)NCCc2ccc[n+](C)c2)cc1Cl.[I-]. The molecule has 1 heterocycles. The van der Waals surface area contributed by atoms with E-state index in [2.05, 4.69) is 12.2 Å². The van der Waals surface area contributed by atoms with Gasteiger partial charge < -0.3 is 38.8 Å². The van der Waals surface area contributed by atoms with Gasteiger partial charge in [0.25, 0.3) is 5.91 Å². The second kappa shape index (κ2) is 17.9. The maximum absolute atomic E-state index is 12.0. The van der Waals surface area contributed by atoms with Crippen LogP contribution in [-0.2, 0) is 18.3 Å². The van der Waals surface area contributed by atoms with Gasteiger partial charge in [0.2, 0.25) is 0 Å². The Balaban J connectivity index is 0.00000544. The fourth-order valence-electron chi connectivity index (χ4n) is 3.45. The lowest BCUT2D eigenvalue weighted by Crippen LogP contribution is -3.00. The molecule has 0 unspecified atom stereocenters. The van der Waals surface area contributed by atoms with Crippen molar-refractivity contribution in [1.82, 2.24) is 5.32 Å². The standard InChI is InChI=1S/C26H37ClN2O3.HI/c1-3-4-5-6-7-8-9-10-18-31-25-14-13-23(19-24(25)27)32-21-26(30)28-16-15-22-12-11-17-29(2)20-22;/h11-14,17,19-20H,3-10,15-16,18,21H2,1-2H3;1H. The molecule has 5 nitrogen and oxygen atoms in total. The van der Waals surface area contributed by atoms with Gasteiger partial charge in [-0.1, -0.05) is 63.5 Å². The molecule has 0 aliphatic carbocycles. The van der Waals surface area contributed by atoms with Crippen LogP contribution in [0.3, 0.4) is 0 Å². The fraction of sp³-hybridized carbons (Fsp3) is 0.538. The van der Waals surface area contributed by atoms with Crippen LogP contribution in [-0.4, -0.2) is 25.7 Å². The molecule has 0 bridgehead atoms. The van der Waals surface area contributed by atoms with Gasteiger partial charge in [0.1, 0.15) is 18.5 Å². The highest BCUT2D eigenvalue weighted by Crippen LogP contribution is 2.29. The van der Waals surface area contributed by atoms with Crippen LogP contribution in [0.4, 0.5) is 0 Å². The van der Waals surface area contributed by atoms with Crippen molar-refractivity contribution in [2.45, 2.75) is 64.7 Å². The Morgan fingerprint density at radius 2 is 1.76 bits per heavy atom. The van der Waals surface area contributed by atoms with E-state index in [1.165, 1.54) is 50.5 Å². The maximum atomic E-state index is 12.0. The molecule has 0 saturated heterocycles. The van der Waals surface area contributed by atoms with Crippen molar-refractivity contribution in [3.8, 4) is 11.5 Å². The highest BCUT2D eigenvalue weighted by atomic mass is 127. The van der Waals surface area contributed by atoms with Crippen molar-refractivity contribution in [1.29, 1.82) is 0 Å². The summed E-state index contributed by atoms with van der Waals surface area (Å²) in [5, 5.41) is 3.37. The highest BCUT2D eigenvalue weighted by molar-refractivity contribution is 6.32. The minimum Gasteiger partial charge on any atom is -1.00 e. The molecule has 0 aliphatic heterocycles. The van der Waals surface area contributed by atoms with E-state index < -0.39 is 0 Å². The first kappa shape index (κ1) is 29.5. The number of hydrogen-bond donors (Lipinski definition) is 1. The van der Waals surface area contributed by atoms with Crippen LogP contribution in [0.2, 0.25) is 5.02 Å². The molecule has 7 heteroatoms. The van der Waals surface area contributed by atoms with E-state index in [1.807, 2.05) is 36.1 Å². The molecule has 184 valence electrons. The molecule has 2 rings (SSSR count). The van der Waals surface area contributed by atoms with Crippen molar-refractivity contribution >= 4 is 17.5 Å². The number of aryl methyl sites for hydroxylation is 1. The third kappa shape index (κ3) is 13.1. The number of benzene rings is 1. The predicted molar refractivity (Wildman–Crippen MR) is 129 cm³/mol. The van der Waals surface area contributed by atoms with Crippen molar-refractivity contribution in [2.75, 3.05) is 19.8 Å². The number of amides is 1. The summed E-state index contributed by atoms with van der Waals surface area (Å²) in [5.74, 6) is 1.05. The zero-order valence-electron chi connectivity index (χ0n) is 20.0. The molecule has 0 aliphatic rings. The second-order valence-electron chi connectivity index (χ2n) is 8.18. The minimum atomic E-state index is -0.156. The molecule has 1 N–H and O–H groups in total. The number of rotatable bonds is 16. The van der Waals surface area contributed by atoms with Crippen LogP contribution in [0, 0.1) is 0 Å². The quantitative estimate of drug-likeness (QED) is 0.186. The number of pyridine rings is 1. The second-order valence-corrected chi connectivity index (χ2v) is 8.59. The minimum absolute atomic E-state index is 0. The number of halogens is 2. The Kier molecular flexibility index (Phi) is 16.0. The monoisotopic (exact) mass is 588 g/mol. The van der Waals surface area contributed by atoms with Crippen LogP contribution in [0.15, 0.2) is 42.7 Å². The first-order chi connectivity index (χ1) is 15.6. The van der Waals surface area contributed by atoms with Crippen molar-refractivity contribution in [3.63, 3.8) is 0 Å². The third-order valence-electron chi connectivity index (χ3n) is 5.27. The number of ether oxygens (including phenoxy) is 2. The highest BCUT2D eigenvalue weighted by Gasteiger charge is 2.07. The number of carbonyl (C=O) groups is 1. The summed E-state index contributed by atoms with van der Waals surface area (Å²) in [5.41, 5.74) is 1.17.